The highest BCUT2D eigenvalue weighted by molar-refractivity contribution is 7.17. The second kappa shape index (κ2) is 3.51. The molecule has 0 saturated carbocycles. The third kappa shape index (κ3) is 1.66. The molecular formula is C10H10N2O2S. The number of rotatable bonds is 2. The second-order valence-corrected chi connectivity index (χ2v) is 4.34. The number of imidazole rings is 1. The van der Waals surface area contributed by atoms with Gasteiger partial charge in [-0.05, 0) is 18.6 Å². The SMILES string of the molecule is Cc1cc(C(=O)O)sc1-c1nccn1C. The molecule has 0 spiro atoms. The van der Waals surface area contributed by atoms with Gasteiger partial charge in [0, 0.05) is 19.4 Å². The van der Waals surface area contributed by atoms with Crippen molar-refractivity contribution in [3.05, 3.63) is 28.9 Å². The molecule has 4 nitrogen and oxygen atoms in total. The summed E-state index contributed by atoms with van der Waals surface area (Å²) < 4.78 is 1.88. The van der Waals surface area contributed by atoms with Gasteiger partial charge in [0.15, 0.2) is 0 Å². The van der Waals surface area contributed by atoms with Crippen molar-refractivity contribution in [2.75, 3.05) is 0 Å². The molecule has 0 aliphatic rings. The van der Waals surface area contributed by atoms with Crippen LogP contribution in [0.15, 0.2) is 18.5 Å². The lowest BCUT2D eigenvalue weighted by Crippen LogP contribution is -1.90. The molecule has 0 radical (unpaired) electrons. The number of hydrogen-bond donors (Lipinski definition) is 1. The number of hydrogen-bond acceptors (Lipinski definition) is 3. The maximum absolute atomic E-state index is 10.8. The monoisotopic (exact) mass is 222 g/mol. The molecule has 0 amide bonds. The summed E-state index contributed by atoms with van der Waals surface area (Å²) in [4.78, 5) is 16.3. The number of aromatic carboxylic acids is 1. The van der Waals surface area contributed by atoms with Crippen LogP contribution in [0.25, 0.3) is 10.7 Å². The summed E-state index contributed by atoms with van der Waals surface area (Å²) in [6, 6.07) is 1.68. The fourth-order valence-electron chi connectivity index (χ4n) is 1.39. The Bertz CT molecular complexity index is 513. The van der Waals surface area contributed by atoms with Gasteiger partial charge in [-0.2, -0.15) is 0 Å². The van der Waals surface area contributed by atoms with Crippen molar-refractivity contribution in [1.82, 2.24) is 9.55 Å². The van der Waals surface area contributed by atoms with E-state index in [2.05, 4.69) is 4.98 Å². The van der Waals surface area contributed by atoms with Crippen molar-refractivity contribution in [2.45, 2.75) is 6.92 Å². The van der Waals surface area contributed by atoms with Crippen molar-refractivity contribution in [1.29, 1.82) is 0 Å². The molecule has 0 bridgehead atoms. The zero-order valence-electron chi connectivity index (χ0n) is 8.39. The van der Waals surface area contributed by atoms with Crippen LogP contribution in [0.2, 0.25) is 0 Å². The average molecular weight is 222 g/mol. The first-order valence-corrected chi connectivity index (χ1v) is 5.22. The lowest BCUT2D eigenvalue weighted by molar-refractivity contribution is 0.0702. The Morgan fingerprint density at radius 3 is 2.80 bits per heavy atom. The minimum absolute atomic E-state index is 0.352. The predicted octanol–water partition coefficient (Wildman–Crippen LogP) is 2.16. The molecule has 5 heteroatoms. The van der Waals surface area contributed by atoms with Crippen molar-refractivity contribution in [3.63, 3.8) is 0 Å². The standard InChI is InChI=1S/C10H10N2O2S/c1-6-5-7(10(13)14)15-8(6)9-11-3-4-12(9)2/h3-5H,1-2H3,(H,13,14). The first-order chi connectivity index (χ1) is 7.09. The summed E-state index contributed by atoms with van der Waals surface area (Å²) in [5, 5.41) is 8.87. The van der Waals surface area contributed by atoms with Crippen LogP contribution in [-0.2, 0) is 7.05 Å². The average Bonchev–Trinajstić information content (AvgIpc) is 2.71. The molecule has 0 unspecified atom stereocenters. The van der Waals surface area contributed by atoms with Gasteiger partial charge in [-0.25, -0.2) is 9.78 Å². The van der Waals surface area contributed by atoms with Gasteiger partial charge in [-0.3, -0.25) is 0 Å². The Labute approximate surface area is 90.8 Å². The van der Waals surface area contributed by atoms with E-state index in [4.69, 9.17) is 5.11 Å². The molecular weight excluding hydrogens is 212 g/mol. The van der Waals surface area contributed by atoms with Crippen LogP contribution >= 0.6 is 11.3 Å². The Balaban J connectivity index is 2.54. The topological polar surface area (TPSA) is 55.1 Å². The van der Waals surface area contributed by atoms with E-state index in [-0.39, 0.29) is 0 Å². The zero-order valence-corrected chi connectivity index (χ0v) is 9.21. The van der Waals surface area contributed by atoms with Gasteiger partial charge in [-0.1, -0.05) is 0 Å². The van der Waals surface area contributed by atoms with E-state index in [9.17, 15) is 4.79 Å². The first-order valence-electron chi connectivity index (χ1n) is 4.41. The molecule has 0 aliphatic carbocycles. The van der Waals surface area contributed by atoms with Crippen molar-refractivity contribution in [3.8, 4) is 10.7 Å². The highest BCUT2D eigenvalue weighted by Gasteiger charge is 2.14. The van der Waals surface area contributed by atoms with Crippen LogP contribution in [0, 0.1) is 6.92 Å². The predicted molar refractivity (Wildman–Crippen MR) is 58.2 cm³/mol. The maximum Gasteiger partial charge on any atom is 0.345 e. The van der Waals surface area contributed by atoms with Crippen molar-refractivity contribution >= 4 is 17.3 Å². The van der Waals surface area contributed by atoms with Gasteiger partial charge in [0.2, 0.25) is 0 Å². The molecule has 0 fully saturated rings. The Hall–Kier alpha value is -1.62. The number of carboxylic acids is 1. The van der Waals surface area contributed by atoms with E-state index in [1.165, 1.54) is 11.3 Å². The molecule has 15 heavy (non-hydrogen) atoms. The van der Waals surface area contributed by atoms with Crippen molar-refractivity contribution in [2.24, 2.45) is 7.05 Å². The van der Waals surface area contributed by atoms with Gasteiger partial charge < -0.3 is 9.67 Å². The minimum Gasteiger partial charge on any atom is -0.477 e. The van der Waals surface area contributed by atoms with E-state index in [1.54, 1.807) is 12.3 Å². The Morgan fingerprint density at radius 1 is 1.60 bits per heavy atom. The number of aryl methyl sites for hydroxylation is 2. The Kier molecular flexibility index (Phi) is 2.32. The van der Waals surface area contributed by atoms with Crippen LogP contribution in [0.5, 0.6) is 0 Å². The molecule has 1 N–H and O–H groups in total. The third-order valence-corrected chi connectivity index (χ3v) is 3.37. The van der Waals surface area contributed by atoms with E-state index >= 15 is 0 Å². The molecule has 0 atom stereocenters. The van der Waals surface area contributed by atoms with E-state index in [0.29, 0.717) is 4.88 Å². The lowest BCUT2D eigenvalue weighted by Gasteiger charge is -1.98. The van der Waals surface area contributed by atoms with Crippen LogP contribution in [-0.4, -0.2) is 20.6 Å². The first kappa shape index (κ1) is 9.92. The summed E-state index contributed by atoms with van der Waals surface area (Å²) in [7, 11) is 1.89. The van der Waals surface area contributed by atoms with Crippen LogP contribution in [0.1, 0.15) is 15.2 Å². The lowest BCUT2D eigenvalue weighted by atomic mass is 10.2. The molecule has 2 aromatic heterocycles. The third-order valence-electron chi connectivity index (χ3n) is 2.15. The molecule has 0 saturated heterocycles. The molecule has 0 aromatic carbocycles. The minimum atomic E-state index is -0.886. The molecule has 0 aliphatic heterocycles. The highest BCUT2D eigenvalue weighted by Crippen LogP contribution is 2.30. The molecule has 2 heterocycles. The summed E-state index contributed by atoms with van der Waals surface area (Å²) in [5.74, 6) is -0.0754. The summed E-state index contributed by atoms with van der Waals surface area (Å²) in [6.45, 7) is 1.90. The van der Waals surface area contributed by atoms with E-state index in [1.807, 2.05) is 24.7 Å². The number of carbonyl (C=O) groups is 1. The highest BCUT2D eigenvalue weighted by atomic mass is 32.1. The fraction of sp³-hybridized carbons (Fsp3) is 0.200. The van der Waals surface area contributed by atoms with Gasteiger partial charge in [0.1, 0.15) is 10.7 Å². The summed E-state index contributed by atoms with van der Waals surface area (Å²) >= 11 is 1.26. The summed E-state index contributed by atoms with van der Waals surface area (Å²) in [5.41, 5.74) is 0.951. The number of thiophene rings is 1. The maximum atomic E-state index is 10.8. The van der Waals surface area contributed by atoms with Crippen LogP contribution < -0.4 is 0 Å². The number of nitrogens with zero attached hydrogens (tertiary/aromatic N) is 2. The number of carboxylic acid groups (broad SMARTS) is 1. The quantitative estimate of drug-likeness (QED) is 0.847. The van der Waals surface area contributed by atoms with E-state index in [0.717, 1.165) is 16.3 Å². The van der Waals surface area contributed by atoms with Gasteiger partial charge in [0.25, 0.3) is 0 Å². The smallest absolute Gasteiger partial charge is 0.345 e. The van der Waals surface area contributed by atoms with Crippen molar-refractivity contribution < 1.29 is 9.90 Å². The Morgan fingerprint density at radius 2 is 2.33 bits per heavy atom. The van der Waals surface area contributed by atoms with Crippen LogP contribution in [0.3, 0.4) is 0 Å². The van der Waals surface area contributed by atoms with Crippen LogP contribution in [0.4, 0.5) is 0 Å². The largest absolute Gasteiger partial charge is 0.477 e. The normalized spacial score (nSPS) is 10.5. The second-order valence-electron chi connectivity index (χ2n) is 3.29. The zero-order chi connectivity index (χ0) is 11.0. The van der Waals surface area contributed by atoms with Gasteiger partial charge >= 0.3 is 5.97 Å². The molecule has 2 aromatic rings. The molecule has 2 rings (SSSR count). The van der Waals surface area contributed by atoms with Gasteiger partial charge in [-0.15, -0.1) is 11.3 Å². The van der Waals surface area contributed by atoms with Gasteiger partial charge in [0.05, 0.1) is 4.88 Å². The fourth-order valence-corrected chi connectivity index (χ4v) is 2.44. The van der Waals surface area contributed by atoms with E-state index < -0.39 is 5.97 Å². The summed E-state index contributed by atoms with van der Waals surface area (Å²) in [6.07, 6.45) is 3.55. The molecule has 78 valence electrons. The number of aromatic nitrogens is 2.